The monoisotopic (exact) mass is 393 g/mol. The summed E-state index contributed by atoms with van der Waals surface area (Å²) in [6, 6.07) is 3.62. The number of hydrogen-bond donors (Lipinski definition) is 3. The normalized spacial score (nSPS) is 19.1. The molecule has 0 saturated carbocycles. The Balaban J connectivity index is 1.64. The number of carbonyl (C=O) groups excluding carboxylic acids is 1. The van der Waals surface area contributed by atoms with Crippen molar-refractivity contribution in [3.63, 3.8) is 0 Å². The van der Waals surface area contributed by atoms with E-state index in [1.54, 1.807) is 6.07 Å². The average Bonchev–Trinajstić information content (AvgIpc) is 3.30. The SMILES string of the molecule is O=C(O)CCC(=O)NC[C@@H]1CC[C@H](n2cc(-c3cccs3)c(=O)[nH]c2=O)O1. The molecular formula is C17H19N3O6S. The van der Waals surface area contributed by atoms with Crippen LogP contribution in [0.3, 0.4) is 0 Å². The summed E-state index contributed by atoms with van der Waals surface area (Å²) in [5.41, 5.74) is -0.589. The van der Waals surface area contributed by atoms with E-state index in [-0.39, 0.29) is 31.4 Å². The molecule has 0 radical (unpaired) electrons. The van der Waals surface area contributed by atoms with E-state index in [1.807, 2.05) is 11.4 Å². The first kappa shape index (κ1) is 19.1. The zero-order valence-electron chi connectivity index (χ0n) is 14.3. The number of aromatic nitrogens is 2. The van der Waals surface area contributed by atoms with Gasteiger partial charge in [0.1, 0.15) is 6.23 Å². The van der Waals surface area contributed by atoms with Crippen molar-refractivity contribution in [2.24, 2.45) is 0 Å². The molecule has 2 aromatic heterocycles. The van der Waals surface area contributed by atoms with Crippen LogP contribution in [0.2, 0.25) is 0 Å². The Morgan fingerprint density at radius 1 is 1.33 bits per heavy atom. The van der Waals surface area contributed by atoms with Gasteiger partial charge in [-0.3, -0.25) is 23.9 Å². The van der Waals surface area contributed by atoms with Crippen molar-refractivity contribution in [3.05, 3.63) is 44.5 Å². The summed E-state index contributed by atoms with van der Waals surface area (Å²) in [6.07, 6.45) is 1.57. The highest BCUT2D eigenvalue weighted by Crippen LogP contribution is 2.28. The number of H-pyrrole nitrogens is 1. The number of ether oxygens (including phenoxy) is 1. The summed E-state index contributed by atoms with van der Waals surface area (Å²) in [7, 11) is 0. The zero-order chi connectivity index (χ0) is 19.4. The van der Waals surface area contributed by atoms with Crippen molar-refractivity contribution in [3.8, 4) is 10.4 Å². The molecule has 2 atom stereocenters. The maximum absolute atomic E-state index is 12.2. The standard InChI is InChI=1S/C17H19N3O6S/c21-13(4-6-15(22)23)18-8-10-3-5-14(26-10)20-9-11(12-2-1-7-27-12)16(24)19-17(20)25/h1-2,7,9-10,14H,3-6,8H2,(H,18,21)(H,22,23)(H,19,24,25)/t10-,14+/m0/s1. The van der Waals surface area contributed by atoms with Gasteiger partial charge >= 0.3 is 11.7 Å². The molecule has 0 unspecified atom stereocenters. The highest BCUT2D eigenvalue weighted by Gasteiger charge is 2.28. The van der Waals surface area contributed by atoms with Gasteiger partial charge in [0.25, 0.3) is 5.56 Å². The molecule has 10 heteroatoms. The summed E-state index contributed by atoms with van der Waals surface area (Å²) in [5, 5.41) is 13.1. The summed E-state index contributed by atoms with van der Waals surface area (Å²) >= 11 is 1.40. The second-order valence-corrected chi connectivity index (χ2v) is 7.12. The topological polar surface area (TPSA) is 130 Å². The minimum Gasteiger partial charge on any atom is -0.481 e. The molecular weight excluding hydrogens is 374 g/mol. The number of aromatic amines is 1. The molecule has 144 valence electrons. The van der Waals surface area contributed by atoms with Gasteiger partial charge in [-0.1, -0.05) is 6.07 Å². The van der Waals surface area contributed by atoms with E-state index in [9.17, 15) is 19.2 Å². The summed E-state index contributed by atoms with van der Waals surface area (Å²) in [5.74, 6) is -1.38. The number of rotatable bonds is 7. The van der Waals surface area contributed by atoms with Gasteiger partial charge in [-0.2, -0.15) is 0 Å². The van der Waals surface area contributed by atoms with Crippen LogP contribution in [0.5, 0.6) is 0 Å². The van der Waals surface area contributed by atoms with E-state index in [0.29, 0.717) is 18.4 Å². The van der Waals surface area contributed by atoms with Gasteiger partial charge in [0.2, 0.25) is 5.91 Å². The van der Waals surface area contributed by atoms with Crippen LogP contribution in [-0.4, -0.2) is 39.2 Å². The van der Waals surface area contributed by atoms with E-state index >= 15 is 0 Å². The van der Waals surface area contributed by atoms with Crippen molar-refractivity contribution in [2.75, 3.05) is 6.54 Å². The fourth-order valence-electron chi connectivity index (χ4n) is 2.88. The molecule has 0 aliphatic carbocycles. The van der Waals surface area contributed by atoms with Crippen LogP contribution in [0, 0.1) is 0 Å². The van der Waals surface area contributed by atoms with Crippen LogP contribution < -0.4 is 16.6 Å². The third-order valence-electron chi connectivity index (χ3n) is 4.24. The zero-order valence-corrected chi connectivity index (χ0v) is 15.2. The molecule has 1 aliphatic heterocycles. The predicted molar refractivity (Wildman–Crippen MR) is 97.7 cm³/mol. The minimum atomic E-state index is -1.03. The van der Waals surface area contributed by atoms with Crippen molar-refractivity contribution >= 4 is 23.2 Å². The molecule has 0 aromatic carbocycles. The maximum atomic E-state index is 12.2. The molecule has 1 aliphatic rings. The quantitative estimate of drug-likeness (QED) is 0.641. The van der Waals surface area contributed by atoms with Gasteiger partial charge in [-0.05, 0) is 24.3 Å². The van der Waals surface area contributed by atoms with E-state index in [4.69, 9.17) is 9.84 Å². The number of thiophene rings is 1. The van der Waals surface area contributed by atoms with Crippen molar-refractivity contribution in [2.45, 2.75) is 38.0 Å². The smallest absolute Gasteiger partial charge is 0.330 e. The molecule has 1 fully saturated rings. The Labute approximate surface area is 157 Å². The average molecular weight is 393 g/mol. The van der Waals surface area contributed by atoms with E-state index in [2.05, 4.69) is 10.3 Å². The third-order valence-corrected chi connectivity index (χ3v) is 5.15. The van der Waals surface area contributed by atoms with Gasteiger partial charge < -0.3 is 15.2 Å². The molecule has 1 saturated heterocycles. The second kappa shape index (κ2) is 8.31. The number of carbonyl (C=O) groups is 2. The lowest BCUT2D eigenvalue weighted by Crippen LogP contribution is -2.35. The molecule has 0 bridgehead atoms. The molecule has 2 aromatic rings. The van der Waals surface area contributed by atoms with Crippen LogP contribution in [0.15, 0.2) is 33.3 Å². The van der Waals surface area contributed by atoms with Crippen molar-refractivity contribution < 1.29 is 19.4 Å². The lowest BCUT2D eigenvalue weighted by Gasteiger charge is -2.16. The first-order valence-corrected chi connectivity index (χ1v) is 9.35. The van der Waals surface area contributed by atoms with Crippen LogP contribution >= 0.6 is 11.3 Å². The molecule has 3 heterocycles. The number of aliphatic carboxylic acids is 1. The number of hydrogen-bond acceptors (Lipinski definition) is 6. The molecule has 0 spiro atoms. The first-order chi connectivity index (χ1) is 12.9. The Morgan fingerprint density at radius 3 is 2.85 bits per heavy atom. The van der Waals surface area contributed by atoms with E-state index < -0.39 is 23.4 Å². The summed E-state index contributed by atoms with van der Waals surface area (Å²) in [6.45, 7) is 0.241. The van der Waals surface area contributed by atoms with E-state index in [1.165, 1.54) is 22.1 Å². The van der Waals surface area contributed by atoms with Gasteiger partial charge in [0, 0.05) is 24.0 Å². The number of carboxylic acid groups (broad SMARTS) is 1. The molecule has 3 rings (SSSR count). The molecule has 9 nitrogen and oxygen atoms in total. The Hall–Kier alpha value is -2.72. The van der Waals surface area contributed by atoms with Gasteiger partial charge in [-0.25, -0.2) is 4.79 Å². The number of amides is 1. The number of carboxylic acids is 1. The predicted octanol–water partition coefficient (Wildman–Crippen LogP) is 0.924. The maximum Gasteiger partial charge on any atom is 0.330 e. The second-order valence-electron chi connectivity index (χ2n) is 6.17. The minimum absolute atomic E-state index is 0.0883. The lowest BCUT2D eigenvalue weighted by atomic mass is 10.2. The van der Waals surface area contributed by atoms with Crippen molar-refractivity contribution in [1.82, 2.24) is 14.9 Å². The van der Waals surface area contributed by atoms with Gasteiger partial charge in [0.15, 0.2) is 0 Å². The molecule has 27 heavy (non-hydrogen) atoms. The Kier molecular flexibility index (Phi) is 5.87. The fourth-order valence-corrected chi connectivity index (χ4v) is 3.62. The number of nitrogens with zero attached hydrogens (tertiary/aromatic N) is 1. The summed E-state index contributed by atoms with van der Waals surface area (Å²) in [4.78, 5) is 49.4. The largest absolute Gasteiger partial charge is 0.481 e. The molecule has 3 N–H and O–H groups in total. The van der Waals surface area contributed by atoms with Gasteiger partial charge in [0.05, 0.1) is 18.1 Å². The van der Waals surface area contributed by atoms with Crippen LogP contribution in [0.1, 0.15) is 31.9 Å². The fraction of sp³-hybridized carbons (Fsp3) is 0.412. The molecule has 1 amide bonds. The highest BCUT2D eigenvalue weighted by atomic mass is 32.1. The Morgan fingerprint density at radius 2 is 2.15 bits per heavy atom. The Bertz CT molecular complexity index is 933. The van der Waals surface area contributed by atoms with Crippen LogP contribution in [0.25, 0.3) is 10.4 Å². The van der Waals surface area contributed by atoms with Crippen molar-refractivity contribution in [1.29, 1.82) is 0 Å². The lowest BCUT2D eigenvalue weighted by molar-refractivity contribution is -0.138. The van der Waals surface area contributed by atoms with Gasteiger partial charge in [-0.15, -0.1) is 11.3 Å². The highest BCUT2D eigenvalue weighted by molar-refractivity contribution is 7.13. The first-order valence-electron chi connectivity index (χ1n) is 8.47. The van der Waals surface area contributed by atoms with E-state index in [0.717, 1.165) is 4.88 Å². The third kappa shape index (κ3) is 4.72. The van der Waals surface area contributed by atoms with Crippen LogP contribution in [-0.2, 0) is 14.3 Å². The van der Waals surface area contributed by atoms with Crippen LogP contribution in [0.4, 0.5) is 0 Å². The number of nitrogens with one attached hydrogen (secondary N) is 2. The summed E-state index contributed by atoms with van der Waals surface area (Å²) < 4.78 is 7.19.